The summed E-state index contributed by atoms with van der Waals surface area (Å²) < 4.78 is 23.3. The highest BCUT2D eigenvalue weighted by atomic mass is 31.2. The Bertz CT molecular complexity index is 1450. The number of phosphoric ester groups is 1. The third-order valence-corrected chi connectivity index (χ3v) is 11.2. The van der Waals surface area contributed by atoms with Crippen LogP contribution in [0.25, 0.3) is 0 Å². The van der Waals surface area contributed by atoms with Crippen molar-refractivity contribution in [1.29, 1.82) is 0 Å². The van der Waals surface area contributed by atoms with Crippen LogP contribution in [0.3, 0.4) is 0 Å². The maximum atomic E-state index is 12.7. The van der Waals surface area contributed by atoms with Crippen LogP contribution >= 0.6 is 7.82 Å². The molecule has 364 valence electrons. The number of allylic oxidation sites excluding steroid dienone is 20. The average Bonchev–Trinajstić information content (AvgIpc) is 3.25. The Morgan fingerprint density at radius 2 is 0.938 bits per heavy atom. The van der Waals surface area contributed by atoms with Gasteiger partial charge >= 0.3 is 7.82 Å². The fourth-order valence-corrected chi connectivity index (χ4v) is 7.04. The lowest BCUT2D eigenvalue weighted by atomic mass is 10.0. The first-order valence-electron chi connectivity index (χ1n) is 24.9. The summed E-state index contributed by atoms with van der Waals surface area (Å²) in [6.07, 6.45) is 67.7. The average molecular weight is 910 g/mol. The highest BCUT2D eigenvalue weighted by molar-refractivity contribution is 7.47. The number of unbranched alkanes of at least 4 members (excludes halogenated alkanes) is 10. The summed E-state index contributed by atoms with van der Waals surface area (Å²) in [5.74, 6) is -0.172. The van der Waals surface area contributed by atoms with Crippen molar-refractivity contribution in [2.24, 2.45) is 0 Å². The maximum Gasteiger partial charge on any atom is 0.472 e. The topological polar surface area (TPSA) is 105 Å². The zero-order chi connectivity index (χ0) is 47.1. The second-order valence-corrected chi connectivity index (χ2v) is 18.9. The van der Waals surface area contributed by atoms with Gasteiger partial charge in [-0.1, -0.05) is 193 Å². The maximum absolute atomic E-state index is 12.7. The number of rotatable bonds is 43. The minimum atomic E-state index is -4.30. The number of carbonyl (C=O) groups is 1. The Morgan fingerprint density at radius 3 is 1.34 bits per heavy atom. The molecule has 0 aliphatic carbocycles. The van der Waals surface area contributed by atoms with E-state index in [1.54, 1.807) is 0 Å². The van der Waals surface area contributed by atoms with E-state index in [4.69, 9.17) is 9.05 Å². The van der Waals surface area contributed by atoms with E-state index < -0.39 is 20.0 Å². The summed E-state index contributed by atoms with van der Waals surface area (Å²) in [6, 6.07) is -0.768. The number of phosphoric acid groups is 1. The number of amides is 1. The molecule has 9 heteroatoms. The van der Waals surface area contributed by atoms with Crippen LogP contribution in [0.1, 0.15) is 168 Å². The molecule has 0 aromatic heterocycles. The van der Waals surface area contributed by atoms with E-state index in [9.17, 15) is 19.4 Å². The molecular formula is C55H94N2O6P+. The van der Waals surface area contributed by atoms with E-state index >= 15 is 0 Å². The summed E-state index contributed by atoms with van der Waals surface area (Å²) in [7, 11) is 1.58. The zero-order valence-corrected chi connectivity index (χ0v) is 42.1. The summed E-state index contributed by atoms with van der Waals surface area (Å²) in [4.78, 5) is 22.9. The van der Waals surface area contributed by atoms with Crippen LogP contribution in [0.15, 0.2) is 122 Å². The molecule has 64 heavy (non-hydrogen) atoms. The van der Waals surface area contributed by atoms with E-state index in [1.807, 2.05) is 21.1 Å². The van der Waals surface area contributed by atoms with Gasteiger partial charge in [0.2, 0.25) is 5.91 Å². The summed E-state index contributed by atoms with van der Waals surface area (Å²) in [6.45, 7) is 4.57. The van der Waals surface area contributed by atoms with Crippen LogP contribution in [-0.4, -0.2) is 73.4 Å². The van der Waals surface area contributed by atoms with Gasteiger partial charge in [-0.15, -0.1) is 0 Å². The fraction of sp³-hybridized carbons (Fsp3) is 0.618. The van der Waals surface area contributed by atoms with Gasteiger partial charge < -0.3 is 19.8 Å². The summed E-state index contributed by atoms with van der Waals surface area (Å²) in [5.41, 5.74) is 0. The van der Waals surface area contributed by atoms with Crippen LogP contribution in [-0.2, 0) is 18.4 Å². The van der Waals surface area contributed by atoms with Crippen molar-refractivity contribution in [3.63, 3.8) is 0 Å². The van der Waals surface area contributed by atoms with E-state index in [0.29, 0.717) is 23.9 Å². The molecule has 0 heterocycles. The fourth-order valence-electron chi connectivity index (χ4n) is 6.31. The van der Waals surface area contributed by atoms with E-state index in [2.05, 4.69) is 141 Å². The van der Waals surface area contributed by atoms with Crippen molar-refractivity contribution in [2.45, 2.75) is 180 Å². The lowest BCUT2D eigenvalue weighted by Gasteiger charge is -2.26. The lowest BCUT2D eigenvalue weighted by molar-refractivity contribution is -0.870. The first-order valence-corrected chi connectivity index (χ1v) is 26.4. The molecular weight excluding hydrogens is 816 g/mol. The van der Waals surface area contributed by atoms with Crippen LogP contribution in [0, 0.1) is 0 Å². The van der Waals surface area contributed by atoms with Gasteiger partial charge in [0.05, 0.1) is 39.9 Å². The number of quaternary nitrogens is 1. The van der Waals surface area contributed by atoms with Crippen molar-refractivity contribution in [1.82, 2.24) is 5.32 Å². The minimum Gasteiger partial charge on any atom is -0.391 e. The first kappa shape index (κ1) is 60.9. The molecule has 3 N–H and O–H groups in total. The molecule has 0 fully saturated rings. The van der Waals surface area contributed by atoms with Crippen LogP contribution in [0.2, 0.25) is 0 Å². The Morgan fingerprint density at radius 1 is 0.547 bits per heavy atom. The predicted molar refractivity (Wildman–Crippen MR) is 276 cm³/mol. The number of nitrogens with zero attached hydrogens (tertiary/aromatic N) is 1. The van der Waals surface area contributed by atoms with Gasteiger partial charge in [-0.05, 0) is 89.9 Å². The van der Waals surface area contributed by atoms with Gasteiger partial charge in [0, 0.05) is 6.42 Å². The van der Waals surface area contributed by atoms with Crippen molar-refractivity contribution in [3.8, 4) is 0 Å². The molecule has 0 radical (unpaired) electrons. The number of hydrogen-bond donors (Lipinski definition) is 3. The van der Waals surface area contributed by atoms with Crippen molar-refractivity contribution >= 4 is 13.7 Å². The Labute approximate surface area is 393 Å². The SMILES string of the molecule is CC/C=C\C/C=C\C/C=C\C/C=C\C/C=C\C/C=C\C/C=C\C/C=C\C/C=C\C/C=C\CCCCCCCCCCC(=O)NC(COP(=O)(O)OCC[N+](C)(C)C)C(O)CCCCC. The Hall–Kier alpha value is -3.10. The standard InChI is InChI=1S/C55H93N2O6P/c1-6-8-10-11-12-13-14-15-16-17-18-19-20-21-22-23-24-25-26-27-28-29-30-31-32-33-34-35-36-37-38-39-40-41-42-43-44-45-47-49-55(59)56-53(54(58)48-46-9-7-2)52-63-64(60,61)62-51-50-57(3,4)5/h8,10,12-13,15-16,18-19,21-22,24-25,27-28,30-31,33-34,36-37,53-54,58H,6-7,9,11,14,17,20,23,26,29,32,35,38-52H2,1-5H3,(H-,56,59,60,61)/p+1/b10-8-,13-12-,16-15-,19-18-,22-21-,25-24-,28-27-,31-30-,34-33-,37-36-. The number of carbonyl (C=O) groups excluding carboxylic acids is 1. The van der Waals surface area contributed by atoms with Crippen LogP contribution in [0.5, 0.6) is 0 Å². The molecule has 0 spiro atoms. The molecule has 0 aromatic carbocycles. The van der Waals surface area contributed by atoms with Gasteiger partial charge in [-0.2, -0.15) is 0 Å². The van der Waals surface area contributed by atoms with Crippen LogP contribution in [0.4, 0.5) is 0 Å². The number of nitrogens with one attached hydrogen (secondary N) is 1. The Kier molecular flexibility index (Phi) is 42.9. The number of aliphatic hydroxyl groups excluding tert-OH is 1. The molecule has 0 saturated heterocycles. The molecule has 0 aliphatic heterocycles. The molecule has 1 amide bonds. The van der Waals surface area contributed by atoms with Crippen molar-refractivity contribution in [2.75, 3.05) is 40.9 Å². The van der Waals surface area contributed by atoms with Gasteiger partial charge in [-0.3, -0.25) is 13.8 Å². The van der Waals surface area contributed by atoms with Crippen molar-refractivity contribution in [3.05, 3.63) is 122 Å². The molecule has 8 nitrogen and oxygen atoms in total. The molecule has 0 aromatic rings. The molecule has 3 atom stereocenters. The second-order valence-electron chi connectivity index (χ2n) is 17.5. The second kappa shape index (κ2) is 45.1. The van der Waals surface area contributed by atoms with Crippen molar-refractivity contribution < 1.29 is 32.9 Å². The predicted octanol–water partition coefficient (Wildman–Crippen LogP) is 14.6. The number of likely N-dealkylation sites (N-methyl/N-ethyl adjacent to an activating group) is 1. The molecule has 0 rings (SSSR count). The van der Waals surface area contributed by atoms with Gasteiger partial charge in [0.25, 0.3) is 0 Å². The molecule has 3 unspecified atom stereocenters. The Balaban J connectivity index is 3.89. The third-order valence-electron chi connectivity index (χ3n) is 10.2. The highest BCUT2D eigenvalue weighted by Crippen LogP contribution is 2.43. The summed E-state index contributed by atoms with van der Waals surface area (Å²) >= 11 is 0. The largest absolute Gasteiger partial charge is 0.472 e. The lowest BCUT2D eigenvalue weighted by Crippen LogP contribution is -2.46. The molecule has 0 saturated carbocycles. The first-order chi connectivity index (χ1) is 31.0. The van der Waals surface area contributed by atoms with Crippen LogP contribution < -0.4 is 5.32 Å². The highest BCUT2D eigenvalue weighted by Gasteiger charge is 2.28. The van der Waals surface area contributed by atoms with Gasteiger partial charge in [0.15, 0.2) is 0 Å². The zero-order valence-electron chi connectivity index (χ0n) is 41.2. The smallest absolute Gasteiger partial charge is 0.391 e. The number of hydrogen-bond acceptors (Lipinski definition) is 5. The molecule has 0 aliphatic rings. The summed E-state index contributed by atoms with van der Waals surface area (Å²) in [5, 5.41) is 13.6. The van der Waals surface area contributed by atoms with E-state index in [1.165, 1.54) is 32.1 Å². The van der Waals surface area contributed by atoms with E-state index in [-0.39, 0.29) is 19.1 Å². The van der Waals surface area contributed by atoms with Gasteiger partial charge in [0.1, 0.15) is 13.2 Å². The normalized spacial score (nSPS) is 15.2. The van der Waals surface area contributed by atoms with Gasteiger partial charge in [-0.25, -0.2) is 4.57 Å². The van der Waals surface area contributed by atoms with E-state index in [0.717, 1.165) is 109 Å². The number of aliphatic hydroxyl groups is 1. The molecule has 0 bridgehead atoms. The third kappa shape index (κ3) is 46.9. The minimum absolute atomic E-state index is 0.0650. The monoisotopic (exact) mass is 910 g/mol. The quantitative estimate of drug-likeness (QED) is 0.0244.